The molecule has 1 N–H and O–H groups in total. The van der Waals surface area contributed by atoms with Crippen LogP contribution in [0.1, 0.15) is 5.69 Å². The van der Waals surface area contributed by atoms with E-state index in [9.17, 15) is 0 Å². The third kappa shape index (κ3) is 2.21. The van der Waals surface area contributed by atoms with Gasteiger partial charge in [-0.25, -0.2) is 4.98 Å². The van der Waals surface area contributed by atoms with Crippen LogP contribution in [-0.2, 0) is 0 Å². The van der Waals surface area contributed by atoms with E-state index >= 15 is 0 Å². The van der Waals surface area contributed by atoms with E-state index in [2.05, 4.69) is 25.9 Å². The quantitative estimate of drug-likeness (QED) is 0.907. The van der Waals surface area contributed by atoms with Gasteiger partial charge in [0.15, 0.2) is 0 Å². The second kappa shape index (κ2) is 4.06. The van der Waals surface area contributed by atoms with Gasteiger partial charge in [-0.15, -0.1) is 0 Å². The molecule has 0 spiro atoms. The van der Waals surface area contributed by atoms with Gasteiger partial charge in [0.2, 0.25) is 0 Å². The van der Waals surface area contributed by atoms with Crippen LogP contribution in [-0.4, -0.2) is 17.1 Å². The first kappa shape index (κ1) is 10.2. The van der Waals surface area contributed by atoms with Crippen LogP contribution in [0.25, 0.3) is 11.4 Å². The average molecular weight is 267 g/mol. The first-order valence-electron chi connectivity index (χ1n) is 4.55. The second-order valence-electron chi connectivity index (χ2n) is 3.29. The number of halogens is 1. The van der Waals surface area contributed by atoms with Gasteiger partial charge in [0.05, 0.1) is 7.11 Å². The SMILES string of the molecule is COc1cc(Br)cc(-c2ncc(C)[nH]2)c1. The smallest absolute Gasteiger partial charge is 0.137 e. The predicted octanol–water partition coefficient (Wildman–Crippen LogP) is 3.16. The summed E-state index contributed by atoms with van der Waals surface area (Å²) >= 11 is 3.44. The molecule has 0 aliphatic heterocycles. The summed E-state index contributed by atoms with van der Waals surface area (Å²) in [6, 6.07) is 5.86. The van der Waals surface area contributed by atoms with E-state index in [0.29, 0.717) is 0 Å². The van der Waals surface area contributed by atoms with Crippen LogP contribution in [0.15, 0.2) is 28.9 Å². The minimum absolute atomic E-state index is 0.813. The van der Waals surface area contributed by atoms with Gasteiger partial charge in [0.25, 0.3) is 0 Å². The molecule has 2 rings (SSSR count). The molecule has 0 radical (unpaired) electrons. The van der Waals surface area contributed by atoms with E-state index in [0.717, 1.165) is 27.3 Å². The highest BCUT2D eigenvalue weighted by Gasteiger charge is 2.04. The van der Waals surface area contributed by atoms with Crippen LogP contribution in [0.3, 0.4) is 0 Å². The fourth-order valence-corrected chi connectivity index (χ4v) is 1.85. The van der Waals surface area contributed by atoms with Crippen LogP contribution < -0.4 is 4.74 Å². The van der Waals surface area contributed by atoms with E-state index < -0.39 is 0 Å². The minimum Gasteiger partial charge on any atom is -0.497 e. The number of hydrogen-bond donors (Lipinski definition) is 1. The molecule has 0 aliphatic carbocycles. The Morgan fingerprint density at radius 2 is 2.13 bits per heavy atom. The number of hydrogen-bond acceptors (Lipinski definition) is 2. The first-order valence-corrected chi connectivity index (χ1v) is 5.35. The van der Waals surface area contributed by atoms with Gasteiger partial charge < -0.3 is 9.72 Å². The Morgan fingerprint density at radius 1 is 1.33 bits per heavy atom. The maximum atomic E-state index is 5.19. The lowest BCUT2D eigenvalue weighted by Crippen LogP contribution is -1.86. The zero-order valence-corrected chi connectivity index (χ0v) is 10.1. The summed E-state index contributed by atoms with van der Waals surface area (Å²) in [5.41, 5.74) is 2.05. The molecule has 0 bridgehead atoms. The molecule has 1 heterocycles. The summed E-state index contributed by atoms with van der Waals surface area (Å²) < 4.78 is 6.17. The van der Waals surface area contributed by atoms with Gasteiger partial charge >= 0.3 is 0 Å². The summed E-state index contributed by atoms with van der Waals surface area (Å²) in [6.07, 6.45) is 1.81. The fourth-order valence-electron chi connectivity index (χ4n) is 1.38. The molecule has 1 aromatic heterocycles. The van der Waals surface area contributed by atoms with Crippen LogP contribution in [0.4, 0.5) is 0 Å². The number of imidazole rings is 1. The van der Waals surface area contributed by atoms with Crippen LogP contribution in [0, 0.1) is 6.92 Å². The number of H-pyrrole nitrogens is 1. The molecule has 3 nitrogen and oxygen atoms in total. The maximum absolute atomic E-state index is 5.19. The van der Waals surface area contributed by atoms with E-state index in [1.165, 1.54) is 0 Å². The monoisotopic (exact) mass is 266 g/mol. The molecule has 15 heavy (non-hydrogen) atoms. The normalized spacial score (nSPS) is 10.3. The Labute approximate surface area is 96.6 Å². The van der Waals surface area contributed by atoms with Gasteiger partial charge in [-0.05, 0) is 25.1 Å². The topological polar surface area (TPSA) is 37.9 Å². The molecule has 0 fully saturated rings. The molecule has 1 aromatic carbocycles. The average Bonchev–Trinajstić information content (AvgIpc) is 2.64. The van der Waals surface area contributed by atoms with Gasteiger partial charge in [0, 0.05) is 21.9 Å². The predicted molar refractivity (Wildman–Crippen MR) is 63.0 cm³/mol. The van der Waals surface area contributed by atoms with Gasteiger partial charge in [-0.3, -0.25) is 0 Å². The summed E-state index contributed by atoms with van der Waals surface area (Å²) in [7, 11) is 1.65. The fraction of sp³-hybridized carbons (Fsp3) is 0.182. The highest BCUT2D eigenvalue weighted by atomic mass is 79.9. The van der Waals surface area contributed by atoms with Crippen molar-refractivity contribution in [2.75, 3.05) is 7.11 Å². The van der Waals surface area contributed by atoms with E-state index in [4.69, 9.17) is 4.74 Å². The van der Waals surface area contributed by atoms with Gasteiger partial charge in [0.1, 0.15) is 11.6 Å². The number of nitrogens with zero attached hydrogens (tertiary/aromatic N) is 1. The Kier molecular flexibility index (Phi) is 2.77. The summed E-state index contributed by atoms with van der Waals surface area (Å²) in [5.74, 6) is 1.67. The third-order valence-electron chi connectivity index (χ3n) is 2.08. The highest BCUT2D eigenvalue weighted by Crippen LogP contribution is 2.26. The van der Waals surface area contributed by atoms with E-state index in [1.54, 1.807) is 7.11 Å². The van der Waals surface area contributed by atoms with Crippen molar-refractivity contribution in [3.8, 4) is 17.1 Å². The van der Waals surface area contributed by atoms with Crippen molar-refractivity contribution in [1.29, 1.82) is 0 Å². The van der Waals surface area contributed by atoms with Crippen molar-refractivity contribution in [3.05, 3.63) is 34.6 Å². The van der Waals surface area contributed by atoms with Crippen LogP contribution in [0.5, 0.6) is 5.75 Å². The van der Waals surface area contributed by atoms with Crippen molar-refractivity contribution in [2.45, 2.75) is 6.92 Å². The van der Waals surface area contributed by atoms with Crippen molar-refractivity contribution >= 4 is 15.9 Å². The number of nitrogens with one attached hydrogen (secondary N) is 1. The Morgan fingerprint density at radius 3 is 2.73 bits per heavy atom. The molecule has 2 aromatic rings. The number of ether oxygens (including phenoxy) is 1. The Bertz CT molecular complexity index is 479. The lowest BCUT2D eigenvalue weighted by atomic mass is 10.2. The van der Waals surface area contributed by atoms with Gasteiger partial charge in [-0.2, -0.15) is 0 Å². The van der Waals surface area contributed by atoms with E-state index in [1.807, 2.05) is 31.3 Å². The Balaban J connectivity index is 2.48. The zero-order chi connectivity index (χ0) is 10.8. The number of aromatic amines is 1. The third-order valence-corrected chi connectivity index (χ3v) is 2.54. The van der Waals surface area contributed by atoms with Gasteiger partial charge in [-0.1, -0.05) is 15.9 Å². The molecule has 0 atom stereocenters. The van der Waals surface area contributed by atoms with Crippen molar-refractivity contribution in [1.82, 2.24) is 9.97 Å². The number of aromatic nitrogens is 2. The summed E-state index contributed by atoms with van der Waals surface area (Å²) in [4.78, 5) is 7.45. The first-order chi connectivity index (χ1) is 7.19. The molecular formula is C11H11BrN2O. The molecule has 0 saturated heterocycles. The standard InChI is InChI=1S/C11H11BrN2O/c1-7-6-13-11(14-7)8-3-9(12)5-10(4-8)15-2/h3-6H,1-2H3,(H,13,14). The highest BCUT2D eigenvalue weighted by molar-refractivity contribution is 9.10. The molecule has 0 unspecified atom stereocenters. The lowest BCUT2D eigenvalue weighted by Gasteiger charge is -2.03. The number of aryl methyl sites for hydroxylation is 1. The zero-order valence-electron chi connectivity index (χ0n) is 8.54. The number of methoxy groups -OCH3 is 1. The second-order valence-corrected chi connectivity index (χ2v) is 4.21. The van der Waals surface area contributed by atoms with Crippen molar-refractivity contribution in [3.63, 3.8) is 0 Å². The lowest BCUT2D eigenvalue weighted by molar-refractivity contribution is 0.414. The maximum Gasteiger partial charge on any atom is 0.137 e. The van der Waals surface area contributed by atoms with Crippen molar-refractivity contribution in [2.24, 2.45) is 0 Å². The largest absolute Gasteiger partial charge is 0.497 e. The number of rotatable bonds is 2. The molecule has 78 valence electrons. The molecular weight excluding hydrogens is 256 g/mol. The Hall–Kier alpha value is -1.29. The molecule has 0 saturated carbocycles. The summed E-state index contributed by atoms with van der Waals surface area (Å²) in [6.45, 7) is 1.98. The molecule has 0 aliphatic rings. The van der Waals surface area contributed by atoms with Crippen LogP contribution >= 0.6 is 15.9 Å². The van der Waals surface area contributed by atoms with Crippen molar-refractivity contribution < 1.29 is 4.74 Å². The summed E-state index contributed by atoms with van der Waals surface area (Å²) in [5, 5.41) is 0. The number of benzene rings is 1. The molecule has 4 heteroatoms. The van der Waals surface area contributed by atoms with E-state index in [-0.39, 0.29) is 0 Å². The van der Waals surface area contributed by atoms with Crippen LogP contribution in [0.2, 0.25) is 0 Å². The molecule has 0 amide bonds. The minimum atomic E-state index is 0.813.